The summed E-state index contributed by atoms with van der Waals surface area (Å²) in [6.45, 7) is 13.6. The Morgan fingerprint density at radius 2 is 2.00 bits per heavy atom. The van der Waals surface area contributed by atoms with Gasteiger partial charge in [-0.15, -0.1) is 0 Å². The highest BCUT2D eigenvalue weighted by molar-refractivity contribution is 6.13. The van der Waals surface area contributed by atoms with Gasteiger partial charge in [-0.1, -0.05) is 25.3 Å². The number of aryl methyl sites for hydroxylation is 1. The molecule has 0 amide bonds. The lowest BCUT2D eigenvalue weighted by atomic mass is 9.81. The van der Waals surface area contributed by atoms with E-state index in [1.54, 1.807) is 0 Å². The Balaban J connectivity index is 1.93. The number of rotatable bonds is 3. The maximum atomic E-state index is 12.8. The minimum atomic E-state index is -0.179. The van der Waals surface area contributed by atoms with Gasteiger partial charge in [0.15, 0.2) is 5.69 Å². The van der Waals surface area contributed by atoms with E-state index in [0.717, 1.165) is 36.1 Å². The van der Waals surface area contributed by atoms with Crippen molar-refractivity contribution >= 4 is 17.2 Å². The molecule has 0 radical (unpaired) electrons. The van der Waals surface area contributed by atoms with E-state index in [9.17, 15) is 4.79 Å². The van der Waals surface area contributed by atoms with E-state index in [1.807, 2.05) is 13.0 Å². The molecule has 24 heavy (non-hydrogen) atoms. The molecule has 1 aliphatic heterocycles. The Morgan fingerprint density at radius 3 is 2.67 bits per heavy atom. The number of carbonyl (C=O) groups excluding carboxylic acids is 1. The Kier molecular flexibility index (Phi) is 4.58. The summed E-state index contributed by atoms with van der Waals surface area (Å²) in [5.41, 5.74) is 4.65. The van der Waals surface area contributed by atoms with E-state index in [0.29, 0.717) is 17.9 Å². The number of benzene rings is 1. The number of hydrogen-bond acceptors (Lipinski definition) is 2. The monoisotopic (exact) mass is 322 g/mol. The highest BCUT2D eigenvalue weighted by Crippen LogP contribution is 2.34. The van der Waals surface area contributed by atoms with Crippen molar-refractivity contribution in [3.05, 3.63) is 40.2 Å². The van der Waals surface area contributed by atoms with Crippen molar-refractivity contribution in [1.82, 2.24) is 0 Å². The quantitative estimate of drug-likeness (QED) is 0.703. The average Bonchev–Trinajstić information content (AvgIpc) is 2.54. The Hall–Kier alpha value is -1.95. The van der Waals surface area contributed by atoms with Crippen LogP contribution in [0.15, 0.2) is 17.1 Å². The van der Waals surface area contributed by atoms with Gasteiger partial charge >= 0.3 is 0 Å². The lowest BCUT2D eigenvalue weighted by molar-refractivity contribution is -0.122. The molecule has 0 unspecified atom stereocenters. The molecular formula is C21H26N2O. The van der Waals surface area contributed by atoms with E-state index in [4.69, 9.17) is 11.6 Å². The van der Waals surface area contributed by atoms with Gasteiger partial charge in [0.2, 0.25) is 0 Å². The molecular weight excluding hydrogens is 296 g/mol. The van der Waals surface area contributed by atoms with Crippen molar-refractivity contribution in [3.63, 3.8) is 0 Å². The molecule has 1 aliphatic carbocycles. The Bertz CT molecular complexity index is 731. The topological polar surface area (TPSA) is 33.8 Å². The number of Topliss-reactive ketones (excluding diaryl/α,β-unsaturated/α-hetero) is 1. The van der Waals surface area contributed by atoms with Gasteiger partial charge < -0.3 is 0 Å². The maximum Gasteiger partial charge on any atom is 0.190 e. The van der Waals surface area contributed by atoms with Gasteiger partial charge in [-0.2, -0.15) is 0 Å². The van der Waals surface area contributed by atoms with Crippen LogP contribution in [-0.2, 0) is 11.2 Å². The van der Waals surface area contributed by atoms with Crippen molar-refractivity contribution in [2.45, 2.75) is 71.3 Å². The zero-order valence-electron chi connectivity index (χ0n) is 15.0. The van der Waals surface area contributed by atoms with Crippen molar-refractivity contribution < 1.29 is 4.79 Å². The Morgan fingerprint density at radius 1 is 1.29 bits per heavy atom. The minimum absolute atomic E-state index is 0.179. The molecule has 0 bridgehead atoms. The summed E-state index contributed by atoms with van der Waals surface area (Å²) in [4.78, 5) is 21.3. The number of nitrogens with zero attached hydrogens (tertiary/aromatic N) is 2. The molecule has 3 heteroatoms. The predicted octanol–water partition coefficient (Wildman–Crippen LogP) is 5.21. The summed E-state index contributed by atoms with van der Waals surface area (Å²) in [5, 5.41) is 0. The van der Waals surface area contributed by atoms with Crippen LogP contribution in [0.25, 0.3) is 4.85 Å². The predicted molar refractivity (Wildman–Crippen MR) is 98.0 cm³/mol. The largest absolute Gasteiger partial charge is 0.299 e. The third-order valence-corrected chi connectivity index (χ3v) is 5.32. The third-order valence-electron chi connectivity index (χ3n) is 5.32. The summed E-state index contributed by atoms with van der Waals surface area (Å²) in [6, 6.07) is 4.06. The molecule has 3 rings (SSSR count). The summed E-state index contributed by atoms with van der Waals surface area (Å²) < 4.78 is 0. The van der Waals surface area contributed by atoms with Crippen LogP contribution >= 0.6 is 0 Å². The molecule has 0 saturated heterocycles. The van der Waals surface area contributed by atoms with Gasteiger partial charge in [0.05, 0.1) is 12.1 Å². The third kappa shape index (κ3) is 3.43. The molecule has 0 N–H and O–H groups in total. The van der Waals surface area contributed by atoms with Crippen LogP contribution in [-0.4, -0.2) is 17.0 Å². The molecule has 1 aromatic rings. The first-order valence-electron chi connectivity index (χ1n) is 9.02. The molecule has 0 atom stereocenters. The summed E-state index contributed by atoms with van der Waals surface area (Å²) in [7, 11) is 0. The molecule has 1 fully saturated rings. The number of aliphatic imine (C=N–C) groups is 1. The van der Waals surface area contributed by atoms with Crippen molar-refractivity contribution in [2.75, 3.05) is 0 Å². The van der Waals surface area contributed by atoms with E-state index in [2.05, 4.69) is 24.8 Å². The fourth-order valence-corrected chi connectivity index (χ4v) is 4.09. The van der Waals surface area contributed by atoms with E-state index >= 15 is 0 Å². The first-order valence-corrected chi connectivity index (χ1v) is 9.02. The smallest absolute Gasteiger partial charge is 0.190 e. The van der Waals surface area contributed by atoms with Gasteiger partial charge in [-0.3, -0.25) is 9.79 Å². The average molecular weight is 322 g/mol. The van der Waals surface area contributed by atoms with Crippen LogP contribution in [0.1, 0.15) is 69.1 Å². The summed E-state index contributed by atoms with van der Waals surface area (Å²) >= 11 is 0. The second-order valence-corrected chi connectivity index (χ2v) is 7.93. The fraction of sp³-hybridized carbons (Fsp3) is 0.571. The molecule has 3 nitrogen and oxygen atoms in total. The standard InChI is InChI=1S/C21H26N2O/c1-14-10-16-13-21(2,3)23-19(17(16)11-18(14)22-4)12-20(24)15-8-6-5-7-9-15/h10-11,15H,5-9,12-13H2,1-3H3. The van der Waals surface area contributed by atoms with Crippen molar-refractivity contribution in [3.8, 4) is 0 Å². The van der Waals surface area contributed by atoms with E-state index in [-0.39, 0.29) is 11.5 Å². The summed E-state index contributed by atoms with van der Waals surface area (Å²) in [6.07, 6.45) is 6.95. The van der Waals surface area contributed by atoms with Crippen LogP contribution in [0.3, 0.4) is 0 Å². The summed E-state index contributed by atoms with van der Waals surface area (Å²) in [5.74, 6) is 0.544. The van der Waals surface area contributed by atoms with Gasteiger partial charge in [0.1, 0.15) is 5.78 Å². The first-order chi connectivity index (χ1) is 11.4. The first kappa shape index (κ1) is 16.9. The highest BCUT2D eigenvalue weighted by Gasteiger charge is 2.30. The molecule has 1 saturated carbocycles. The van der Waals surface area contributed by atoms with E-state index < -0.39 is 0 Å². The molecule has 1 heterocycles. The lowest BCUT2D eigenvalue weighted by Crippen LogP contribution is -2.31. The van der Waals surface area contributed by atoms with Crippen molar-refractivity contribution in [1.29, 1.82) is 0 Å². The lowest BCUT2D eigenvalue weighted by Gasteiger charge is -2.30. The highest BCUT2D eigenvalue weighted by atomic mass is 16.1. The fourth-order valence-electron chi connectivity index (χ4n) is 4.09. The van der Waals surface area contributed by atoms with E-state index in [1.165, 1.54) is 24.8 Å². The zero-order valence-corrected chi connectivity index (χ0v) is 15.0. The zero-order chi connectivity index (χ0) is 17.3. The van der Waals surface area contributed by atoms with Crippen LogP contribution in [0.2, 0.25) is 0 Å². The normalized spacial score (nSPS) is 20.0. The number of ketones is 1. The number of fused-ring (bicyclic) bond motifs is 1. The second-order valence-electron chi connectivity index (χ2n) is 7.93. The second kappa shape index (κ2) is 6.51. The minimum Gasteiger partial charge on any atom is -0.299 e. The van der Waals surface area contributed by atoms with Crippen LogP contribution in [0.4, 0.5) is 5.69 Å². The van der Waals surface area contributed by atoms with Gasteiger partial charge in [-0.05, 0) is 62.8 Å². The SMILES string of the molecule is [C-]#[N+]c1cc2c(cc1C)CC(C)(C)N=C2CC(=O)C1CCCCC1. The van der Waals surface area contributed by atoms with Gasteiger partial charge in [0, 0.05) is 18.1 Å². The van der Waals surface area contributed by atoms with Crippen LogP contribution in [0, 0.1) is 19.4 Å². The number of hydrogen-bond donors (Lipinski definition) is 0. The molecule has 126 valence electrons. The van der Waals surface area contributed by atoms with Crippen LogP contribution in [0.5, 0.6) is 0 Å². The molecule has 0 spiro atoms. The molecule has 2 aliphatic rings. The Labute approximate surface area is 145 Å². The van der Waals surface area contributed by atoms with Crippen molar-refractivity contribution in [2.24, 2.45) is 10.9 Å². The van der Waals surface area contributed by atoms with Gasteiger partial charge in [-0.25, -0.2) is 4.85 Å². The molecule has 0 aromatic heterocycles. The number of carbonyl (C=O) groups is 1. The van der Waals surface area contributed by atoms with Crippen LogP contribution < -0.4 is 0 Å². The molecule has 1 aromatic carbocycles. The van der Waals surface area contributed by atoms with Gasteiger partial charge in [0.25, 0.3) is 0 Å². The maximum absolute atomic E-state index is 12.8.